The number of benzene rings is 1. The highest BCUT2D eigenvalue weighted by molar-refractivity contribution is 5.75. The van der Waals surface area contributed by atoms with Crippen LogP contribution in [0.2, 0.25) is 0 Å². The zero-order valence-electron chi connectivity index (χ0n) is 13.1. The van der Waals surface area contributed by atoms with Crippen LogP contribution in [0.4, 0.5) is 10.5 Å². The molecule has 1 unspecified atom stereocenters. The number of hydrogen-bond acceptors (Lipinski definition) is 3. The van der Waals surface area contributed by atoms with E-state index in [0.717, 1.165) is 13.0 Å². The molecule has 2 N–H and O–H groups in total. The van der Waals surface area contributed by atoms with Gasteiger partial charge in [-0.25, -0.2) is 4.79 Å². The summed E-state index contributed by atoms with van der Waals surface area (Å²) >= 11 is 0. The summed E-state index contributed by atoms with van der Waals surface area (Å²) < 4.78 is 0. The van der Waals surface area contributed by atoms with Crippen molar-refractivity contribution in [1.29, 1.82) is 0 Å². The molecule has 0 radical (unpaired) electrons. The van der Waals surface area contributed by atoms with Crippen LogP contribution in [0.3, 0.4) is 0 Å². The number of fused-ring (bicyclic) bond motifs is 1. The summed E-state index contributed by atoms with van der Waals surface area (Å²) in [7, 11) is 1.60. The molecule has 0 aromatic heterocycles. The highest BCUT2D eigenvalue weighted by Gasteiger charge is 2.24. The average Bonchev–Trinajstić information content (AvgIpc) is 2.80. The average molecular weight is 305 g/mol. The van der Waals surface area contributed by atoms with E-state index in [-0.39, 0.29) is 19.0 Å². The maximum absolute atomic E-state index is 11.9. The van der Waals surface area contributed by atoms with Gasteiger partial charge in [0.15, 0.2) is 0 Å². The number of nitrogens with zero attached hydrogens (tertiary/aromatic N) is 2. The van der Waals surface area contributed by atoms with Gasteiger partial charge in [-0.2, -0.15) is 0 Å². The molecule has 1 aromatic rings. The zero-order chi connectivity index (χ0) is 16.1. The molecule has 1 aliphatic heterocycles. The molecule has 0 saturated carbocycles. The summed E-state index contributed by atoms with van der Waals surface area (Å²) in [5.41, 5.74) is 2.59. The fourth-order valence-corrected chi connectivity index (χ4v) is 2.75. The van der Waals surface area contributed by atoms with Crippen molar-refractivity contribution in [2.45, 2.75) is 25.8 Å². The smallest absolute Gasteiger partial charge is 0.317 e. The lowest BCUT2D eigenvalue weighted by atomic mass is 10.1. The summed E-state index contributed by atoms with van der Waals surface area (Å²) in [4.78, 5) is 26.1. The van der Waals surface area contributed by atoms with Crippen molar-refractivity contribution < 1.29 is 14.7 Å². The molecular formula is C16H23N3O3. The Kier molecular flexibility index (Phi) is 5.25. The molecule has 2 amide bonds. The second kappa shape index (κ2) is 7.15. The molecule has 6 nitrogen and oxygen atoms in total. The number of aliphatic carboxylic acids is 1. The monoisotopic (exact) mass is 305 g/mol. The van der Waals surface area contributed by atoms with E-state index in [4.69, 9.17) is 5.11 Å². The number of carbonyl (C=O) groups excluding carboxylic acids is 1. The standard InChI is InChI=1S/C16H23N3O3/c1-12-11-13-5-3-4-6-14(13)19(12)10-8-17-16(22)18(2)9-7-15(20)21/h3-6,12H,7-11H2,1-2H3,(H,17,22)(H,20,21). The van der Waals surface area contributed by atoms with Gasteiger partial charge in [0.25, 0.3) is 0 Å². The molecule has 0 saturated heterocycles. The largest absolute Gasteiger partial charge is 0.481 e. The Balaban J connectivity index is 1.79. The Morgan fingerprint density at radius 2 is 2.14 bits per heavy atom. The number of rotatable bonds is 6. The number of para-hydroxylation sites is 1. The van der Waals surface area contributed by atoms with Gasteiger partial charge in [0.2, 0.25) is 0 Å². The first kappa shape index (κ1) is 16.1. The third kappa shape index (κ3) is 3.90. The normalized spacial score (nSPS) is 16.3. The van der Waals surface area contributed by atoms with Gasteiger partial charge >= 0.3 is 12.0 Å². The number of amides is 2. The molecule has 1 aromatic carbocycles. The number of urea groups is 1. The highest BCUT2D eigenvalue weighted by Crippen LogP contribution is 2.31. The van der Waals surface area contributed by atoms with Crippen molar-refractivity contribution in [1.82, 2.24) is 10.2 Å². The zero-order valence-corrected chi connectivity index (χ0v) is 13.1. The van der Waals surface area contributed by atoms with E-state index in [1.165, 1.54) is 16.2 Å². The number of carboxylic acid groups (broad SMARTS) is 1. The first-order valence-electron chi connectivity index (χ1n) is 7.54. The molecule has 2 rings (SSSR count). The predicted molar refractivity (Wildman–Crippen MR) is 85.2 cm³/mol. The maximum atomic E-state index is 11.9. The van der Waals surface area contributed by atoms with E-state index in [2.05, 4.69) is 29.3 Å². The van der Waals surface area contributed by atoms with Gasteiger partial charge in [0.05, 0.1) is 6.42 Å². The summed E-state index contributed by atoms with van der Waals surface area (Å²) in [6.45, 7) is 3.68. The van der Waals surface area contributed by atoms with Gasteiger partial charge in [0.1, 0.15) is 0 Å². The van der Waals surface area contributed by atoms with Gasteiger partial charge in [-0.1, -0.05) is 18.2 Å². The van der Waals surface area contributed by atoms with Gasteiger partial charge in [0, 0.05) is 38.4 Å². The summed E-state index contributed by atoms with van der Waals surface area (Å²) in [5.74, 6) is -0.901. The lowest BCUT2D eigenvalue weighted by molar-refractivity contribution is -0.137. The van der Waals surface area contributed by atoms with Crippen molar-refractivity contribution in [2.75, 3.05) is 31.6 Å². The molecule has 1 atom stereocenters. The van der Waals surface area contributed by atoms with Crippen LogP contribution in [0.15, 0.2) is 24.3 Å². The Morgan fingerprint density at radius 3 is 2.86 bits per heavy atom. The van der Waals surface area contributed by atoms with Crippen molar-refractivity contribution in [3.63, 3.8) is 0 Å². The fourth-order valence-electron chi connectivity index (χ4n) is 2.75. The van der Waals surface area contributed by atoms with Crippen LogP contribution in [0.5, 0.6) is 0 Å². The second-order valence-electron chi connectivity index (χ2n) is 5.67. The summed E-state index contributed by atoms with van der Waals surface area (Å²) in [6.07, 6.45) is 0.989. The summed E-state index contributed by atoms with van der Waals surface area (Å²) in [5, 5.41) is 11.5. The van der Waals surface area contributed by atoms with Gasteiger partial charge in [-0.3, -0.25) is 4.79 Å². The minimum absolute atomic E-state index is 0.0412. The molecular weight excluding hydrogens is 282 g/mol. The van der Waals surface area contributed by atoms with E-state index < -0.39 is 5.97 Å². The summed E-state index contributed by atoms with van der Waals surface area (Å²) in [6, 6.07) is 8.53. The first-order chi connectivity index (χ1) is 10.5. The van der Waals surface area contributed by atoms with E-state index in [0.29, 0.717) is 12.6 Å². The Morgan fingerprint density at radius 1 is 1.41 bits per heavy atom. The molecule has 1 heterocycles. The van der Waals surface area contributed by atoms with Crippen LogP contribution < -0.4 is 10.2 Å². The Bertz CT molecular complexity index is 547. The number of hydrogen-bond donors (Lipinski definition) is 2. The first-order valence-corrected chi connectivity index (χ1v) is 7.54. The van der Waals surface area contributed by atoms with Crippen LogP contribution in [0.1, 0.15) is 18.9 Å². The molecule has 120 valence electrons. The van der Waals surface area contributed by atoms with Crippen molar-refractivity contribution in [3.05, 3.63) is 29.8 Å². The highest BCUT2D eigenvalue weighted by atomic mass is 16.4. The lowest BCUT2D eigenvalue weighted by Crippen LogP contribution is -2.43. The number of nitrogens with one attached hydrogen (secondary N) is 1. The topological polar surface area (TPSA) is 72.9 Å². The van der Waals surface area contributed by atoms with Crippen LogP contribution in [0, 0.1) is 0 Å². The minimum atomic E-state index is -0.901. The Hall–Kier alpha value is -2.24. The minimum Gasteiger partial charge on any atom is -0.481 e. The molecule has 0 spiro atoms. The molecule has 22 heavy (non-hydrogen) atoms. The van der Waals surface area contributed by atoms with Crippen molar-refractivity contribution >= 4 is 17.7 Å². The van der Waals surface area contributed by atoms with Crippen LogP contribution in [0.25, 0.3) is 0 Å². The SMILES string of the molecule is CC1Cc2ccccc2N1CCNC(=O)N(C)CCC(=O)O. The second-order valence-corrected chi connectivity index (χ2v) is 5.67. The molecule has 0 fully saturated rings. The number of carboxylic acids is 1. The van der Waals surface area contributed by atoms with Crippen molar-refractivity contribution in [3.8, 4) is 0 Å². The van der Waals surface area contributed by atoms with Crippen molar-refractivity contribution in [2.24, 2.45) is 0 Å². The van der Waals surface area contributed by atoms with Crippen LogP contribution >= 0.6 is 0 Å². The van der Waals surface area contributed by atoms with Gasteiger partial charge < -0.3 is 20.2 Å². The van der Waals surface area contributed by atoms with Crippen LogP contribution in [-0.4, -0.2) is 54.7 Å². The van der Waals surface area contributed by atoms with Gasteiger partial charge in [-0.05, 0) is 25.0 Å². The van der Waals surface area contributed by atoms with E-state index >= 15 is 0 Å². The third-order valence-electron chi connectivity index (χ3n) is 3.99. The fraction of sp³-hybridized carbons (Fsp3) is 0.500. The van der Waals surface area contributed by atoms with E-state index in [9.17, 15) is 9.59 Å². The maximum Gasteiger partial charge on any atom is 0.317 e. The number of carbonyl (C=O) groups is 2. The van der Waals surface area contributed by atoms with E-state index in [1.807, 2.05) is 12.1 Å². The molecule has 0 bridgehead atoms. The third-order valence-corrected chi connectivity index (χ3v) is 3.99. The molecule has 0 aliphatic carbocycles. The quantitative estimate of drug-likeness (QED) is 0.836. The molecule has 6 heteroatoms. The predicted octanol–water partition coefficient (Wildman–Crippen LogP) is 1.55. The lowest BCUT2D eigenvalue weighted by Gasteiger charge is -2.25. The Labute approximate surface area is 130 Å². The van der Waals surface area contributed by atoms with Gasteiger partial charge in [-0.15, -0.1) is 0 Å². The van der Waals surface area contributed by atoms with Crippen LogP contribution in [-0.2, 0) is 11.2 Å². The molecule has 1 aliphatic rings. The number of anilines is 1. The van der Waals surface area contributed by atoms with E-state index in [1.54, 1.807) is 7.05 Å².